The molecule has 2 heteroatoms. The minimum atomic E-state index is 0.896. The van der Waals surface area contributed by atoms with Gasteiger partial charge in [-0.15, -0.1) is 0 Å². The van der Waals surface area contributed by atoms with Crippen LogP contribution >= 0.6 is 0 Å². The Bertz CT molecular complexity index is 428. The van der Waals surface area contributed by atoms with Crippen molar-refractivity contribution in [2.24, 2.45) is 0 Å². The third kappa shape index (κ3) is 1.89. The number of ether oxygens (including phenoxy) is 1. The summed E-state index contributed by atoms with van der Waals surface area (Å²) in [5.41, 5.74) is 3.79. The van der Waals surface area contributed by atoms with Crippen LogP contribution in [0.15, 0.2) is 36.5 Å². The highest BCUT2D eigenvalue weighted by atomic mass is 16.5. The van der Waals surface area contributed by atoms with Crippen LogP contribution in [0.3, 0.4) is 0 Å². The van der Waals surface area contributed by atoms with Crippen LogP contribution in [0.1, 0.15) is 12.6 Å². The maximum absolute atomic E-state index is 5.14. The summed E-state index contributed by atoms with van der Waals surface area (Å²) in [5.74, 6) is 0.896. The molecule has 1 aromatic carbocycles. The molecular formula is C13H15NO. The van der Waals surface area contributed by atoms with E-state index in [1.165, 1.54) is 16.8 Å². The lowest BCUT2D eigenvalue weighted by Gasteiger charge is -2.03. The minimum absolute atomic E-state index is 0.896. The average Bonchev–Trinajstić information content (AvgIpc) is 2.77. The van der Waals surface area contributed by atoms with Gasteiger partial charge in [-0.1, -0.05) is 19.1 Å². The van der Waals surface area contributed by atoms with Crippen LogP contribution in [0.25, 0.3) is 11.1 Å². The monoisotopic (exact) mass is 201 g/mol. The number of methoxy groups -OCH3 is 1. The van der Waals surface area contributed by atoms with Gasteiger partial charge in [0.15, 0.2) is 0 Å². The van der Waals surface area contributed by atoms with Gasteiger partial charge in [0.1, 0.15) is 5.75 Å². The van der Waals surface area contributed by atoms with Crippen LogP contribution in [0.2, 0.25) is 0 Å². The van der Waals surface area contributed by atoms with Crippen LogP contribution in [0.5, 0.6) is 5.75 Å². The van der Waals surface area contributed by atoms with Crippen molar-refractivity contribution < 1.29 is 4.74 Å². The summed E-state index contributed by atoms with van der Waals surface area (Å²) in [6.07, 6.45) is 3.01. The lowest BCUT2D eigenvalue weighted by molar-refractivity contribution is 0.415. The fourth-order valence-electron chi connectivity index (χ4n) is 1.74. The van der Waals surface area contributed by atoms with Crippen molar-refractivity contribution >= 4 is 0 Å². The van der Waals surface area contributed by atoms with Gasteiger partial charge in [-0.25, -0.2) is 0 Å². The number of hydrogen-bond acceptors (Lipinski definition) is 1. The smallest absolute Gasteiger partial charge is 0.118 e. The molecule has 0 aliphatic heterocycles. The zero-order valence-corrected chi connectivity index (χ0v) is 9.08. The van der Waals surface area contributed by atoms with Crippen LogP contribution in [-0.2, 0) is 6.42 Å². The number of hydrogen-bond donors (Lipinski definition) is 1. The zero-order chi connectivity index (χ0) is 10.7. The van der Waals surface area contributed by atoms with Gasteiger partial charge in [0.25, 0.3) is 0 Å². The molecule has 0 fully saturated rings. The third-order valence-electron chi connectivity index (χ3n) is 2.59. The second-order valence-corrected chi connectivity index (χ2v) is 3.45. The van der Waals surface area contributed by atoms with Gasteiger partial charge in [-0.05, 0) is 30.2 Å². The van der Waals surface area contributed by atoms with Crippen molar-refractivity contribution in [2.75, 3.05) is 7.11 Å². The van der Waals surface area contributed by atoms with Gasteiger partial charge < -0.3 is 9.72 Å². The summed E-state index contributed by atoms with van der Waals surface area (Å²) >= 11 is 0. The van der Waals surface area contributed by atoms with Crippen molar-refractivity contribution in [3.63, 3.8) is 0 Å². The summed E-state index contributed by atoms with van der Waals surface area (Å²) < 4.78 is 5.14. The fourth-order valence-corrected chi connectivity index (χ4v) is 1.74. The quantitative estimate of drug-likeness (QED) is 0.810. The molecule has 2 nitrogen and oxygen atoms in total. The highest BCUT2D eigenvalue weighted by Crippen LogP contribution is 2.25. The summed E-state index contributed by atoms with van der Waals surface area (Å²) in [7, 11) is 1.68. The van der Waals surface area contributed by atoms with E-state index in [1.807, 2.05) is 18.3 Å². The molecule has 0 saturated heterocycles. The number of H-pyrrole nitrogens is 1. The molecule has 2 rings (SSSR count). The summed E-state index contributed by atoms with van der Waals surface area (Å²) in [5, 5.41) is 0. The van der Waals surface area contributed by atoms with E-state index in [4.69, 9.17) is 4.74 Å². The largest absolute Gasteiger partial charge is 0.497 e. The SMILES string of the molecule is CCc1[nH]ccc1-c1ccc(OC)cc1. The summed E-state index contributed by atoms with van der Waals surface area (Å²) in [4.78, 5) is 3.25. The lowest BCUT2D eigenvalue weighted by atomic mass is 10.1. The number of benzene rings is 1. The fraction of sp³-hybridized carbons (Fsp3) is 0.231. The number of aryl methyl sites for hydroxylation is 1. The second-order valence-electron chi connectivity index (χ2n) is 3.45. The van der Waals surface area contributed by atoms with Gasteiger partial charge in [-0.3, -0.25) is 0 Å². The topological polar surface area (TPSA) is 25.0 Å². The molecule has 0 unspecified atom stereocenters. The van der Waals surface area contributed by atoms with E-state index in [0.717, 1.165) is 12.2 Å². The van der Waals surface area contributed by atoms with Crippen LogP contribution in [0, 0.1) is 0 Å². The van der Waals surface area contributed by atoms with Crippen molar-refractivity contribution in [2.45, 2.75) is 13.3 Å². The number of rotatable bonds is 3. The first kappa shape index (κ1) is 9.84. The van der Waals surface area contributed by atoms with Gasteiger partial charge >= 0.3 is 0 Å². The molecule has 1 heterocycles. The van der Waals surface area contributed by atoms with Crippen molar-refractivity contribution in [1.82, 2.24) is 4.98 Å². The van der Waals surface area contributed by atoms with E-state index in [-0.39, 0.29) is 0 Å². The van der Waals surface area contributed by atoms with E-state index in [2.05, 4.69) is 30.1 Å². The first-order valence-corrected chi connectivity index (χ1v) is 5.16. The molecule has 2 aromatic rings. The number of nitrogens with one attached hydrogen (secondary N) is 1. The lowest BCUT2D eigenvalue weighted by Crippen LogP contribution is -1.85. The highest BCUT2D eigenvalue weighted by Gasteiger charge is 2.04. The molecular weight excluding hydrogens is 186 g/mol. The maximum Gasteiger partial charge on any atom is 0.118 e. The highest BCUT2D eigenvalue weighted by molar-refractivity contribution is 5.66. The molecule has 0 saturated carbocycles. The Morgan fingerprint density at radius 1 is 1.13 bits per heavy atom. The molecule has 15 heavy (non-hydrogen) atoms. The molecule has 0 radical (unpaired) electrons. The van der Waals surface area contributed by atoms with Crippen LogP contribution in [0.4, 0.5) is 0 Å². The first-order chi connectivity index (χ1) is 7.35. The molecule has 0 aliphatic carbocycles. The molecule has 78 valence electrons. The van der Waals surface area contributed by atoms with Gasteiger partial charge in [-0.2, -0.15) is 0 Å². The molecule has 1 aromatic heterocycles. The number of aromatic amines is 1. The molecule has 0 amide bonds. The summed E-state index contributed by atoms with van der Waals surface area (Å²) in [6, 6.07) is 10.3. The Hall–Kier alpha value is -1.70. The first-order valence-electron chi connectivity index (χ1n) is 5.16. The normalized spacial score (nSPS) is 10.3. The minimum Gasteiger partial charge on any atom is -0.497 e. The predicted molar refractivity (Wildman–Crippen MR) is 62.2 cm³/mol. The molecule has 0 atom stereocenters. The van der Waals surface area contributed by atoms with Gasteiger partial charge in [0.2, 0.25) is 0 Å². The zero-order valence-electron chi connectivity index (χ0n) is 9.08. The average molecular weight is 201 g/mol. The Morgan fingerprint density at radius 3 is 2.47 bits per heavy atom. The molecule has 0 spiro atoms. The van der Waals surface area contributed by atoms with Crippen molar-refractivity contribution in [3.8, 4) is 16.9 Å². The van der Waals surface area contributed by atoms with Gasteiger partial charge in [0, 0.05) is 17.5 Å². The van der Waals surface area contributed by atoms with Gasteiger partial charge in [0.05, 0.1) is 7.11 Å². The van der Waals surface area contributed by atoms with E-state index in [9.17, 15) is 0 Å². The van der Waals surface area contributed by atoms with E-state index in [0.29, 0.717) is 0 Å². The molecule has 1 N–H and O–H groups in total. The summed E-state index contributed by atoms with van der Waals surface area (Å²) in [6.45, 7) is 2.15. The Balaban J connectivity index is 2.37. The van der Waals surface area contributed by atoms with Crippen molar-refractivity contribution in [1.29, 1.82) is 0 Å². The standard InChI is InChI=1S/C13H15NO/c1-3-13-12(8-9-14-13)10-4-6-11(15-2)7-5-10/h4-9,14H,3H2,1-2H3. The van der Waals surface area contributed by atoms with Crippen LogP contribution < -0.4 is 4.74 Å². The molecule has 0 bridgehead atoms. The third-order valence-corrected chi connectivity index (χ3v) is 2.59. The van der Waals surface area contributed by atoms with Crippen LogP contribution in [-0.4, -0.2) is 12.1 Å². The predicted octanol–water partition coefficient (Wildman–Crippen LogP) is 3.25. The molecule has 0 aliphatic rings. The number of aromatic nitrogens is 1. The van der Waals surface area contributed by atoms with Crippen molar-refractivity contribution in [3.05, 3.63) is 42.2 Å². The Kier molecular flexibility index (Phi) is 2.77. The maximum atomic E-state index is 5.14. The Labute approximate surface area is 89.9 Å². The van der Waals surface area contributed by atoms with E-state index >= 15 is 0 Å². The second kappa shape index (κ2) is 4.22. The Morgan fingerprint density at radius 2 is 1.87 bits per heavy atom. The van der Waals surface area contributed by atoms with E-state index in [1.54, 1.807) is 7.11 Å². The van der Waals surface area contributed by atoms with E-state index < -0.39 is 0 Å².